The minimum absolute atomic E-state index is 0.00293. The number of anilines is 1. The van der Waals surface area contributed by atoms with Crippen molar-refractivity contribution in [3.8, 4) is 0 Å². The molecular weight excluding hydrogens is 434 g/mol. The lowest BCUT2D eigenvalue weighted by atomic mass is 10.1. The van der Waals surface area contributed by atoms with Gasteiger partial charge in [-0.1, -0.05) is 18.2 Å². The zero-order valence-corrected chi connectivity index (χ0v) is 18.6. The molecule has 0 saturated carbocycles. The molecule has 0 saturated heterocycles. The quantitative estimate of drug-likeness (QED) is 0.508. The summed E-state index contributed by atoms with van der Waals surface area (Å²) in [5.74, 6) is -1.76. The summed E-state index contributed by atoms with van der Waals surface area (Å²) < 4.78 is 21.2. The van der Waals surface area contributed by atoms with Crippen LogP contribution in [0.3, 0.4) is 0 Å². The van der Waals surface area contributed by atoms with Gasteiger partial charge < -0.3 is 23.9 Å². The van der Waals surface area contributed by atoms with Crippen molar-refractivity contribution in [2.24, 2.45) is 0 Å². The molecule has 1 aliphatic rings. The number of furan rings is 1. The standard InChI is InChI=1S/C23H23NO7S/c1-3-29-22(26)19-14-8-6-10-17(14)32-21(19)24-18(25)12-30-23(27)20-15(11-28-2)13-7-4-5-9-16(13)31-20/h4-5,7,9H,3,6,8,10-12H2,1-2H3,(H,24,25). The van der Waals surface area contributed by atoms with Gasteiger partial charge in [0.05, 0.1) is 18.8 Å². The van der Waals surface area contributed by atoms with Crippen LogP contribution in [0.4, 0.5) is 5.00 Å². The second-order valence-corrected chi connectivity index (χ2v) is 8.35. The molecule has 1 aromatic carbocycles. The number of carbonyl (C=O) groups excluding carboxylic acids is 3. The Hall–Kier alpha value is -3.17. The average molecular weight is 458 g/mol. The van der Waals surface area contributed by atoms with E-state index in [2.05, 4.69) is 5.32 Å². The van der Waals surface area contributed by atoms with Crippen LogP contribution < -0.4 is 5.32 Å². The second-order valence-electron chi connectivity index (χ2n) is 7.25. The van der Waals surface area contributed by atoms with E-state index < -0.39 is 24.5 Å². The van der Waals surface area contributed by atoms with Gasteiger partial charge in [0.2, 0.25) is 5.76 Å². The summed E-state index contributed by atoms with van der Waals surface area (Å²) in [4.78, 5) is 38.6. The van der Waals surface area contributed by atoms with E-state index in [4.69, 9.17) is 18.6 Å². The molecule has 3 aromatic rings. The van der Waals surface area contributed by atoms with Crippen molar-refractivity contribution in [1.82, 2.24) is 0 Å². The van der Waals surface area contributed by atoms with Crippen LogP contribution in [0.25, 0.3) is 11.0 Å². The van der Waals surface area contributed by atoms with E-state index in [1.165, 1.54) is 18.4 Å². The lowest BCUT2D eigenvalue weighted by Gasteiger charge is -2.08. The molecule has 2 heterocycles. The fourth-order valence-electron chi connectivity index (χ4n) is 3.82. The Bertz CT molecular complexity index is 1180. The maximum Gasteiger partial charge on any atom is 0.375 e. The van der Waals surface area contributed by atoms with E-state index in [9.17, 15) is 14.4 Å². The fraction of sp³-hybridized carbons (Fsp3) is 0.348. The molecule has 4 rings (SSSR count). The van der Waals surface area contributed by atoms with Gasteiger partial charge in [-0.2, -0.15) is 0 Å². The lowest BCUT2D eigenvalue weighted by Crippen LogP contribution is -2.22. The number of benzene rings is 1. The highest BCUT2D eigenvalue weighted by Gasteiger charge is 2.29. The van der Waals surface area contributed by atoms with Crippen molar-refractivity contribution in [2.75, 3.05) is 25.6 Å². The molecule has 0 bridgehead atoms. The molecule has 32 heavy (non-hydrogen) atoms. The van der Waals surface area contributed by atoms with Crippen LogP contribution >= 0.6 is 11.3 Å². The zero-order valence-electron chi connectivity index (χ0n) is 17.8. The van der Waals surface area contributed by atoms with Crippen LogP contribution in [0.1, 0.15) is 50.3 Å². The van der Waals surface area contributed by atoms with Gasteiger partial charge >= 0.3 is 11.9 Å². The Labute approximate surface area is 188 Å². The number of amides is 1. The van der Waals surface area contributed by atoms with E-state index in [0.717, 1.165) is 35.1 Å². The molecule has 1 amide bonds. The SMILES string of the molecule is CCOC(=O)c1c(NC(=O)COC(=O)c2oc3ccccc3c2COC)sc2c1CCC2. The molecule has 9 heteroatoms. The van der Waals surface area contributed by atoms with Crippen molar-refractivity contribution < 1.29 is 33.0 Å². The van der Waals surface area contributed by atoms with Gasteiger partial charge in [0.1, 0.15) is 10.6 Å². The number of esters is 2. The van der Waals surface area contributed by atoms with Gasteiger partial charge in [0.25, 0.3) is 5.91 Å². The van der Waals surface area contributed by atoms with Crippen molar-refractivity contribution in [1.29, 1.82) is 0 Å². The van der Waals surface area contributed by atoms with Crippen molar-refractivity contribution in [2.45, 2.75) is 32.8 Å². The minimum atomic E-state index is -0.761. The maximum absolute atomic E-state index is 12.6. The maximum atomic E-state index is 12.6. The number of aryl methyl sites for hydroxylation is 1. The largest absolute Gasteiger partial charge is 0.462 e. The van der Waals surface area contributed by atoms with Gasteiger partial charge in [0.15, 0.2) is 6.61 Å². The summed E-state index contributed by atoms with van der Waals surface area (Å²) in [7, 11) is 1.52. The number of methoxy groups -OCH3 is 1. The third-order valence-corrected chi connectivity index (χ3v) is 6.37. The normalized spacial score (nSPS) is 12.6. The van der Waals surface area contributed by atoms with Gasteiger partial charge in [0, 0.05) is 22.9 Å². The first-order valence-electron chi connectivity index (χ1n) is 10.3. The van der Waals surface area contributed by atoms with Crippen LogP contribution in [0.15, 0.2) is 28.7 Å². The molecule has 8 nitrogen and oxygen atoms in total. The predicted octanol–water partition coefficient (Wildman–Crippen LogP) is 4.10. The Kier molecular flexibility index (Phi) is 6.57. The number of para-hydroxylation sites is 1. The van der Waals surface area contributed by atoms with Gasteiger partial charge in [-0.3, -0.25) is 4.79 Å². The van der Waals surface area contributed by atoms with Crippen LogP contribution in [0, 0.1) is 0 Å². The third kappa shape index (κ3) is 4.26. The molecule has 1 aliphatic carbocycles. The van der Waals surface area contributed by atoms with Crippen molar-refractivity contribution in [3.63, 3.8) is 0 Å². The van der Waals surface area contributed by atoms with E-state index in [-0.39, 0.29) is 19.0 Å². The Morgan fingerprint density at radius 2 is 1.94 bits per heavy atom. The molecule has 0 unspecified atom stereocenters. The van der Waals surface area contributed by atoms with Crippen LogP contribution in [0.5, 0.6) is 0 Å². The van der Waals surface area contributed by atoms with Gasteiger partial charge in [-0.25, -0.2) is 9.59 Å². The fourth-order valence-corrected chi connectivity index (χ4v) is 5.12. The smallest absolute Gasteiger partial charge is 0.375 e. The highest BCUT2D eigenvalue weighted by molar-refractivity contribution is 7.17. The molecule has 168 valence electrons. The topological polar surface area (TPSA) is 104 Å². The zero-order chi connectivity index (χ0) is 22.7. The summed E-state index contributed by atoms with van der Waals surface area (Å²) in [6.45, 7) is 1.62. The summed E-state index contributed by atoms with van der Waals surface area (Å²) in [6, 6.07) is 7.19. The summed E-state index contributed by atoms with van der Waals surface area (Å²) >= 11 is 1.37. The highest BCUT2D eigenvalue weighted by Crippen LogP contribution is 2.39. The summed E-state index contributed by atoms with van der Waals surface area (Å²) in [6.07, 6.45) is 2.62. The van der Waals surface area contributed by atoms with Crippen LogP contribution in [-0.4, -0.2) is 38.2 Å². The van der Waals surface area contributed by atoms with Crippen LogP contribution in [0.2, 0.25) is 0 Å². The molecule has 0 fully saturated rings. The molecule has 0 atom stereocenters. The van der Waals surface area contributed by atoms with Gasteiger partial charge in [-0.05, 0) is 37.8 Å². The highest BCUT2D eigenvalue weighted by atomic mass is 32.1. The second kappa shape index (κ2) is 9.54. The van der Waals surface area contributed by atoms with Crippen molar-refractivity contribution in [3.05, 3.63) is 51.6 Å². The summed E-state index contributed by atoms with van der Waals surface area (Å²) in [5, 5.41) is 3.88. The minimum Gasteiger partial charge on any atom is -0.462 e. The number of carbonyl (C=O) groups is 3. The first-order chi connectivity index (χ1) is 15.5. The molecule has 0 radical (unpaired) electrons. The lowest BCUT2D eigenvalue weighted by molar-refractivity contribution is -0.119. The number of hydrogen-bond acceptors (Lipinski definition) is 8. The monoisotopic (exact) mass is 457 g/mol. The Balaban J connectivity index is 1.46. The molecule has 0 aliphatic heterocycles. The first kappa shape index (κ1) is 22.0. The molecular formula is C23H23NO7S. The number of hydrogen-bond donors (Lipinski definition) is 1. The van der Waals surface area contributed by atoms with E-state index in [1.54, 1.807) is 19.1 Å². The third-order valence-electron chi connectivity index (χ3n) is 5.16. The van der Waals surface area contributed by atoms with E-state index in [1.807, 2.05) is 12.1 Å². The number of nitrogens with one attached hydrogen (secondary N) is 1. The number of ether oxygens (including phenoxy) is 3. The first-order valence-corrected chi connectivity index (χ1v) is 11.1. The molecule has 2 aromatic heterocycles. The van der Waals surface area contributed by atoms with Crippen LogP contribution in [-0.2, 0) is 38.5 Å². The average Bonchev–Trinajstić information content (AvgIpc) is 3.46. The number of fused-ring (bicyclic) bond motifs is 2. The molecule has 0 spiro atoms. The van der Waals surface area contributed by atoms with Crippen molar-refractivity contribution >= 4 is 45.2 Å². The summed E-state index contributed by atoms with van der Waals surface area (Å²) in [5.41, 5.74) is 2.44. The van der Waals surface area contributed by atoms with E-state index in [0.29, 0.717) is 21.7 Å². The number of thiophene rings is 1. The van der Waals surface area contributed by atoms with Gasteiger partial charge in [-0.15, -0.1) is 11.3 Å². The van der Waals surface area contributed by atoms with E-state index >= 15 is 0 Å². The Morgan fingerprint density at radius 1 is 1.12 bits per heavy atom. The molecule has 1 N–H and O–H groups in total. The Morgan fingerprint density at radius 3 is 2.72 bits per heavy atom. The predicted molar refractivity (Wildman–Crippen MR) is 118 cm³/mol. The number of rotatable bonds is 8.